The molecular formula is C31H45BN4O6. The minimum atomic E-state index is -1.82. The third-order valence-corrected chi connectivity index (χ3v) is 8.96. The van der Waals surface area contributed by atoms with Crippen molar-refractivity contribution in [3.05, 3.63) is 36.1 Å². The number of furan rings is 1. The van der Waals surface area contributed by atoms with Crippen LogP contribution in [-0.2, 0) is 16.0 Å². The van der Waals surface area contributed by atoms with Crippen LogP contribution in [0.2, 0.25) is 0 Å². The Balaban J connectivity index is 1.32. The van der Waals surface area contributed by atoms with Gasteiger partial charge >= 0.3 is 13.2 Å². The zero-order chi connectivity index (χ0) is 30.7. The molecule has 0 aliphatic carbocycles. The monoisotopic (exact) mass is 580 g/mol. The van der Waals surface area contributed by atoms with Crippen LogP contribution in [0.15, 0.2) is 34.9 Å². The maximum absolute atomic E-state index is 13.5. The van der Waals surface area contributed by atoms with E-state index in [1.807, 2.05) is 31.2 Å². The number of nitrogens with one attached hydrogen (secondary N) is 1. The molecule has 2 aliphatic rings. The largest absolute Gasteiger partial charge is 0.475 e. The fraction of sp³-hybridized carbons (Fsp3) is 0.645. The summed E-state index contributed by atoms with van der Waals surface area (Å²) in [6.07, 6.45) is 3.38. The topological polar surface area (TPSA) is 139 Å². The summed E-state index contributed by atoms with van der Waals surface area (Å²) in [5.41, 5.74) is 1.53. The van der Waals surface area contributed by atoms with E-state index in [2.05, 4.69) is 44.0 Å². The van der Waals surface area contributed by atoms with Gasteiger partial charge in [0.25, 0.3) is 0 Å². The first-order chi connectivity index (χ1) is 19.8. The molecule has 42 heavy (non-hydrogen) atoms. The molecular weight excluding hydrogens is 535 g/mol. The summed E-state index contributed by atoms with van der Waals surface area (Å²) in [6.45, 7) is 13.6. The van der Waals surface area contributed by atoms with Crippen LogP contribution in [0, 0.1) is 28.6 Å². The van der Waals surface area contributed by atoms with Crippen LogP contribution in [0.25, 0.3) is 11.0 Å². The number of nitrogens with zero attached hydrogens (tertiary/aromatic N) is 3. The van der Waals surface area contributed by atoms with Crippen molar-refractivity contribution in [3.63, 3.8) is 0 Å². The molecule has 1 aromatic carbocycles. The number of hydrogen-bond acceptors (Lipinski definition) is 8. The zero-order valence-electron chi connectivity index (χ0n) is 25.5. The zero-order valence-corrected chi connectivity index (χ0v) is 25.5. The van der Waals surface area contributed by atoms with Gasteiger partial charge in [0.2, 0.25) is 5.91 Å². The van der Waals surface area contributed by atoms with Crippen LogP contribution in [0.5, 0.6) is 0 Å². The summed E-state index contributed by atoms with van der Waals surface area (Å²) in [4.78, 5) is 30.4. The number of hydrogen-bond donors (Lipinski definition) is 3. The highest BCUT2D eigenvalue weighted by Crippen LogP contribution is 2.37. The van der Waals surface area contributed by atoms with E-state index in [1.165, 1.54) is 6.26 Å². The lowest BCUT2D eigenvalue weighted by Crippen LogP contribution is -2.51. The molecule has 0 saturated carbocycles. The van der Waals surface area contributed by atoms with Gasteiger partial charge in [-0.15, -0.1) is 0 Å². The standard InChI is InChI=1S/C31H45BN4O6/c1-21(16-31(4,5)36-14-12-30(2,3)20-36)25(17-33)28(37)35-13-8-9-23(18-35)42-29(38)34-27(32(39)40)15-22-19-41-26-11-7-6-10-24(22)26/h6-7,10-11,19,21,23,25,27,39-40H,8-9,12-16,18,20H2,1-5H3,(H,34,38)/t21?,23-,25?,27-/m0/s1. The van der Waals surface area contributed by atoms with Gasteiger partial charge in [-0.25, -0.2) is 4.79 Å². The average molecular weight is 581 g/mol. The lowest BCUT2D eigenvalue weighted by atomic mass is 9.76. The van der Waals surface area contributed by atoms with Crippen LogP contribution in [0.1, 0.15) is 65.9 Å². The van der Waals surface area contributed by atoms with Crippen molar-refractivity contribution >= 4 is 30.1 Å². The van der Waals surface area contributed by atoms with Crippen molar-refractivity contribution in [2.24, 2.45) is 17.3 Å². The Kier molecular flexibility index (Phi) is 9.91. The Bertz CT molecular complexity index is 1290. The second-order valence-corrected chi connectivity index (χ2v) is 13.5. The van der Waals surface area contributed by atoms with Gasteiger partial charge in [-0.1, -0.05) is 39.0 Å². The van der Waals surface area contributed by atoms with Gasteiger partial charge in [-0.05, 0) is 75.5 Å². The number of alkyl carbamates (subject to hydrolysis) is 1. The number of para-hydroxylation sites is 1. The molecule has 0 bridgehead atoms. The number of carbonyl (C=O) groups is 2. The molecule has 10 nitrogen and oxygen atoms in total. The van der Waals surface area contributed by atoms with Crippen LogP contribution >= 0.6 is 0 Å². The highest BCUT2D eigenvalue weighted by atomic mass is 16.6. The van der Waals surface area contributed by atoms with Crippen molar-refractivity contribution in [1.29, 1.82) is 5.26 Å². The maximum atomic E-state index is 13.5. The van der Waals surface area contributed by atoms with Gasteiger partial charge in [-0.2, -0.15) is 5.26 Å². The number of fused-ring (bicyclic) bond motifs is 1. The molecule has 2 fully saturated rings. The molecule has 0 radical (unpaired) electrons. The number of benzene rings is 1. The van der Waals surface area contributed by atoms with Crippen molar-refractivity contribution in [1.82, 2.24) is 15.1 Å². The molecule has 2 aliphatic heterocycles. The number of amides is 2. The lowest BCUT2D eigenvalue weighted by molar-refractivity contribution is -0.138. The van der Waals surface area contributed by atoms with E-state index in [-0.39, 0.29) is 35.7 Å². The van der Waals surface area contributed by atoms with Gasteiger partial charge in [0.15, 0.2) is 0 Å². The molecule has 11 heteroatoms. The lowest BCUT2D eigenvalue weighted by Gasteiger charge is -2.40. The quantitative estimate of drug-likeness (QED) is 0.361. The first kappa shape index (κ1) is 31.9. The number of carbonyl (C=O) groups excluding carboxylic acids is 2. The van der Waals surface area contributed by atoms with Crippen LogP contribution in [-0.4, -0.2) is 82.7 Å². The molecule has 4 rings (SSSR count). The number of piperidine rings is 1. The number of likely N-dealkylation sites (tertiary alicyclic amines) is 2. The van der Waals surface area contributed by atoms with Gasteiger partial charge in [0, 0.05) is 24.0 Å². The minimum Gasteiger partial charge on any atom is -0.464 e. The van der Waals surface area contributed by atoms with Crippen molar-refractivity contribution in [2.45, 2.75) is 84.3 Å². The Morgan fingerprint density at radius 3 is 2.69 bits per heavy atom. The molecule has 2 amide bonds. The second kappa shape index (κ2) is 13.1. The van der Waals surface area contributed by atoms with Gasteiger partial charge in [0.1, 0.15) is 17.6 Å². The molecule has 4 atom stereocenters. The highest BCUT2D eigenvalue weighted by molar-refractivity contribution is 6.43. The first-order valence-corrected chi connectivity index (χ1v) is 15.0. The highest BCUT2D eigenvalue weighted by Gasteiger charge is 2.41. The summed E-state index contributed by atoms with van der Waals surface area (Å²) in [6, 6.07) is 9.64. The normalized spacial score (nSPS) is 21.4. The Hall–Kier alpha value is -3.07. The number of nitriles is 1. The number of rotatable bonds is 10. The van der Waals surface area contributed by atoms with E-state index >= 15 is 0 Å². The van der Waals surface area contributed by atoms with Crippen LogP contribution in [0.3, 0.4) is 0 Å². The summed E-state index contributed by atoms with van der Waals surface area (Å²) in [5.74, 6) is -2.18. The Morgan fingerprint density at radius 2 is 2.02 bits per heavy atom. The maximum Gasteiger partial charge on any atom is 0.475 e. The molecule has 3 N–H and O–H groups in total. The Morgan fingerprint density at radius 1 is 1.29 bits per heavy atom. The third-order valence-electron chi connectivity index (χ3n) is 8.96. The van der Waals surface area contributed by atoms with Gasteiger partial charge in [0.05, 0.1) is 24.8 Å². The Labute approximate surface area is 249 Å². The SMILES string of the molecule is CC(CC(C)(C)N1CCC(C)(C)C1)C(C#N)C(=O)N1CCC[C@H](OC(=O)N[C@@H](Cc2coc3ccccc23)B(O)O)C1. The van der Waals surface area contributed by atoms with Gasteiger partial charge in [-0.3, -0.25) is 9.69 Å². The minimum absolute atomic E-state index is 0.131. The first-order valence-electron chi connectivity index (χ1n) is 15.0. The molecule has 3 heterocycles. The molecule has 2 aromatic rings. The van der Waals surface area contributed by atoms with E-state index in [0.29, 0.717) is 25.0 Å². The van der Waals surface area contributed by atoms with Crippen molar-refractivity contribution in [2.75, 3.05) is 26.2 Å². The van der Waals surface area contributed by atoms with E-state index in [1.54, 1.807) is 4.90 Å². The smallest absolute Gasteiger partial charge is 0.464 e. The fourth-order valence-electron chi connectivity index (χ4n) is 6.52. The summed E-state index contributed by atoms with van der Waals surface area (Å²) >= 11 is 0. The molecule has 2 unspecified atom stereocenters. The van der Waals surface area contributed by atoms with Crippen LogP contribution < -0.4 is 5.32 Å². The van der Waals surface area contributed by atoms with E-state index in [9.17, 15) is 24.9 Å². The molecule has 2 saturated heterocycles. The van der Waals surface area contributed by atoms with E-state index in [0.717, 1.165) is 36.9 Å². The molecule has 0 spiro atoms. The van der Waals surface area contributed by atoms with Crippen LogP contribution in [0.4, 0.5) is 4.79 Å². The summed E-state index contributed by atoms with van der Waals surface area (Å²) < 4.78 is 11.1. The predicted molar refractivity (Wildman–Crippen MR) is 160 cm³/mol. The average Bonchev–Trinajstić information content (AvgIpc) is 3.51. The van der Waals surface area contributed by atoms with Crippen molar-refractivity contribution in [3.8, 4) is 6.07 Å². The third kappa shape index (κ3) is 7.65. The van der Waals surface area contributed by atoms with E-state index < -0.39 is 31.2 Å². The summed E-state index contributed by atoms with van der Waals surface area (Å²) in [7, 11) is -1.82. The second-order valence-electron chi connectivity index (χ2n) is 13.5. The van der Waals surface area contributed by atoms with Gasteiger partial charge < -0.3 is 29.4 Å². The molecule has 1 aromatic heterocycles. The summed E-state index contributed by atoms with van der Waals surface area (Å²) in [5, 5.41) is 33.3. The van der Waals surface area contributed by atoms with E-state index in [4.69, 9.17) is 9.15 Å². The number of ether oxygens (including phenoxy) is 1. The van der Waals surface area contributed by atoms with Crippen molar-refractivity contribution < 1.29 is 28.8 Å². The predicted octanol–water partition coefficient (Wildman–Crippen LogP) is 3.75. The fourth-order valence-corrected chi connectivity index (χ4v) is 6.52. The molecule has 228 valence electrons.